The smallest absolute Gasteiger partial charge is 0.255 e. The quantitative estimate of drug-likeness (QED) is 0.689. The van der Waals surface area contributed by atoms with Crippen molar-refractivity contribution in [1.82, 2.24) is 5.32 Å². The summed E-state index contributed by atoms with van der Waals surface area (Å²) in [4.78, 5) is 22.9. The fourth-order valence-corrected chi connectivity index (χ4v) is 2.78. The summed E-state index contributed by atoms with van der Waals surface area (Å²) in [5, 5.41) is 5.33. The van der Waals surface area contributed by atoms with Crippen molar-refractivity contribution < 1.29 is 14.3 Å². The predicted molar refractivity (Wildman–Crippen MR) is 101 cm³/mol. The minimum absolute atomic E-state index is 0.147. The Morgan fingerprint density at radius 1 is 0.923 bits per heavy atom. The van der Waals surface area contributed by atoms with Crippen molar-refractivity contribution in [1.29, 1.82) is 0 Å². The van der Waals surface area contributed by atoms with Crippen molar-refractivity contribution in [3.63, 3.8) is 0 Å². The number of carbonyl (C=O) groups excluding carboxylic acids is 2. The van der Waals surface area contributed by atoms with Crippen LogP contribution < -0.4 is 15.8 Å². The second-order valence-electron chi connectivity index (χ2n) is 5.92. The molecule has 0 saturated carbocycles. The summed E-state index contributed by atoms with van der Waals surface area (Å²) in [6.45, 7) is 0.364. The van der Waals surface area contributed by atoms with Crippen LogP contribution in [0.3, 0.4) is 0 Å². The van der Waals surface area contributed by atoms with E-state index in [4.69, 9.17) is 10.5 Å². The van der Waals surface area contributed by atoms with Gasteiger partial charge in [0.25, 0.3) is 11.8 Å². The minimum Gasteiger partial charge on any atom is -0.484 e. The van der Waals surface area contributed by atoms with Crippen molar-refractivity contribution in [3.05, 3.63) is 77.9 Å². The van der Waals surface area contributed by atoms with Crippen LogP contribution in [0.2, 0.25) is 0 Å². The third-order valence-electron chi connectivity index (χ3n) is 4.06. The highest BCUT2D eigenvalue weighted by Crippen LogP contribution is 2.18. The van der Waals surface area contributed by atoms with E-state index in [1.165, 1.54) is 16.3 Å². The Labute approximate surface area is 151 Å². The van der Waals surface area contributed by atoms with Gasteiger partial charge in [-0.3, -0.25) is 9.59 Å². The molecule has 3 rings (SSSR count). The molecule has 0 aliphatic rings. The summed E-state index contributed by atoms with van der Waals surface area (Å²) >= 11 is 0. The number of hydrogen-bond donors (Lipinski definition) is 2. The van der Waals surface area contributed by atoms with Crippen molar-refractivity contribution in [2.75, 3.05) is 13.2 Å². The molecule has 3 aromatic rings. The molecule has 5 heteroatoms. The average molecular weight is 348 g/mol. The van der Waals surface area contributed by atoms with Crippen LogP contribution in [0, 0.1) is 0 Å². The van der Waals surface area contributed by atoms with E-state index >= 15 is 0 Å². The molecule has 0 aliphatic carbocycles. The van der Waals surface area contributed by atoms with E-state index < -0.39 is 5.91 Å². The summed E-state index contributed by atoms with van der Waals surface area (Å²) in [5.74, 6) is -0.192. The molecule has 0 saturated heterocycles. The number of carbonyl (C=O) groups is 2. The van der Waals surface area contributed by atoms with Crippen LogP contribution >= 0.6 is 0 Å². The summed E-state index contributed by atoms with van der Waals surface area (Å²) in [5.41, 5.74) is 6.77. The van der Waals surface area contributed by atoms with Crippen molar-refractivity contribution in [3.8, 4) is 5.75 Å². The Morgan fingerprint density at radius 2 is 1.65 bits per heavy atom. The molecule has 0 atom stereocenters. The molecule has 26 heavy (non-hydrogen) atoms. The van der Waals surface area contributed by atoms with Crippen molar-refractivity contribution in [2.24, 2.45) is 5.73 Å². The van der Waals surface area contributed by atoms with E-state index in [9.17, 15) is 9.59 Å². The topological polar surface area (TPSA) is 81.4 Å². The van der Waals surface area contributed by atoms with Gasteiger partial charge in [0.15, 0.2) is 6.61 Å². The first-order valence-electron chi connectivity index (χ1n) is 8.39. The van der Waals surface area contributed by atoms with Crippen LogP contribution in [0.4, 0.5) is 0 Å². The van der Waals surface area contributed by atoms with Crippen molar-refractivity contribution in [2.45, 2.75) is 6.42 Å². The maximum absolute atomic E-state index is 12.2. The summed E-state index contributed by atoms with van der Waals surface area (Å²) in [7, 11) is 0. The SMILES string of the molecule is NC(=O)COc1ccc(C(=O)NCCc2cccc3ccccc23)cc1. The standard InChI is InChI=1S/C21H20N2O3/c22-20(24)14-26-18-10-8-17(9-11-18)21(25)23-13-12-16-6-3-5-15-4-1-2-7-19(15)16/h1-11H,12-14H2,(H2,22,24)(H,23,25). The van der Waals surface area contributed by atoms with Gasteiger partial charge in [0.2, 0.25) is 0 Å². The molecule has 0 fully saturated rings. The monoisotopic (exact) mass is 348 g/mol. The summed E-state index contributed by atoms with van der Waals surface area (Å²) < 4.78 is 5.18. The molecule has 0 radical (unpaired) electrons. The van der Waals surface area contributed by atoms with Crippen molar-refractivity contribution >= 4 is 22.6 Å². The molecule has 0 bridgehead atoms. The van der Waals surface area contributed by atoms with Gasteiger partial charge in [0, 0.05) is 12.1 Å². The maximum atomic E-state index is 12.2. The maximum Gasteiger partial charge on any atom is 0.255 e. The van der Waals surface area contributed by atoms with Gasteiger partial charge in [-0.25, -0.2) is 0 Å². The number of benzene rings is 3. The Kier molecular flexibility index (Phi) is 5.49. The molecule has 0 spiro atoms. The number of nitrogens with one attached hydrogen (secondary N) is 1. The van der Waals surface area contributed by atoms with E-state index in [0.717, 1.165) is 6.42 Å². The Morgan fingerprint density at radius 3 is 2.42 bits per heavy atom. The lowest BCUT2D eigenvalue weighted by molar-refractivity contribution is -0.119. The third-order valence-corrected chi connectivity index (χ3v) is 4.06. The fraction of sp³-hybridized carbons (Fsp3) is 0.143. The van der Waals surface area contributed by atoms with E-state index in [1.54, 1.807) is 24.3 Å². The van der Waals surface area contributed by atoms with Gasteiger partial charge in [0.1, 0.15) is 5.75 Å². The van der Waals surface area contributed by atoms with Gasteiger partial charge in [-0.2, -0.15) is 0 Å². The summed E-state index contributed by atoms with van der Waals surface area (Å²) in [6, 6.07) is 21.0. The van der Waals surface area contributed by atoms with Crippen LogP contribution in [0.1, 0.15) is 15.9 Å². The molecular formula is C21H20N2O3. The largest absolute Gasteiger partial charge is 0.484 e. The van der Waals surface area contributed by atoms with Crippen LogP contribution in [0.15, 0.2) is 66.7 Å². The van der Waals surface area contributed by atoms with E-state index in [-0.39, 0.29) is 12.5 Å². The first-order chi connectivity index (χ1) is 12.6. The number of hydrogen-bond acceptors (Lipinski definition) is 3. The van der Waals surface area contributed by atoms with Gasteiger partial charge in [-0.15, -0.1) is 0 Å². The lowest BCUT2D eigenvalue weighted by atomic mass is 10.0. The molecule has 0 aromatic heterocycles. The predicted octanol–water partition coefficient (Wildman–Crippen LogP) is 2.68. The number of fused-ring (bicyclic) bond motifs is 1. The molecule has 0 heterocycles. The second kappa shape index (κ2) is 8.16. The van der Waals surface area contributed by atoms with Crippen LogP contribution in [0.5, 0.6) is 5.75 Å². The molecule has 3 N–H and O–H groups in total. The van der Waals surface area contributed by atoms with Gasteiger partial charge < -0.3 is 15.8 Å². The van der Waals surface area contributed by atoms with Crippen LogP contribution in [0.25, 0.3) is 10.8 Å². The van der Waals surface area contributed by atoms with Crippen LogP contribution in [-0.2, 0) is 11.2 Å². The van der Waals surface area contributed by atoms with Gasteiger partial charge in [-0.1, -0.05) is 42.5 Å². The Balaban J connectivity index is 1.56. The number of primary amides is 1. The van der Waals surface area contributed by atoms with Crippen LogP contribution in [-0.4, -0.2) is 25.0 Å². The molecule has 3 aromatic carbocycles. The number of amides is 2. The van der Waals surface area contributed by atoms with E-state index in [2.05, 4.69) is 29.6 Å². The van der Waals surface area contributed by atoms with E-state index in [1.807, 2.05) is 18.2 Å². The zero-order valence-electron chi connectivity index (χ0n) is 14.3. The Bertz CT molecular complexity index is 915. The first-order valence-corrected chi connectivity index (χ1v) is 8.39. The number of ether oxygens (including phenoxy) is 1. The average Bonchev–Trinajstić information content (AvgIpc) is 2.67. The first kappa shape index (κ1) is 17.5. The third kappa shape index (κ3) is 4.39. The molecule has 132 valence electrons. The summed E-state index contributed by atoms with van der Waals surface area (Å²) in [6.07, 6.45) is 0.757. The highest BCUT2D eigenvalue weighted by atomic mass is 16.5. The molecule has 0 aliphatic heterocycles. The van der Waals surface area contributed by atoms with Gasteiger partial charge >= 0.3 is 0 Å². The highest BCUT2D eigenvalue weighted by Gasteiger charge is 2.07. The lowest BCUT2D eigenvalue weighted by Crippen LogP contribution is -2.25. The number of rotatable bonds is 7. The molecule has 5 nitrogen and oxygen atoms in total. The lowest BCUT2D eigenvalue weighted by Gasteiger charge is -2.09. The molecule has 0 unspecified atom stereocenters. The zero-order valence-corrected chi connectivity index (χ0v) is 14.3. The normalized spacial score (nSPS) is 10.5. The van der Waals surface area contributed by atoms with Gasteiger partial charge in [-0.05, 0) is 47.0 Å². The second-order valence-corrected chi connectivity index (χ2v) is 5.92. The minimum atomic E-state index is -0.541. The van der Waals surface area contributed by atoms with Gasteiger partial charge in [0.05, 0.1) is 0 Å². The Hall–Kier alpha value is -3.34. The molecule has 2 amide bonds. The van der Waals surface area contributed by atoms with E-state index in [0.29, 0.717) is 17.9 Å². The number of nitrogens with two attached hydrogens (primary N) is 1. The zero-order chi connectivity index (χ0) is 18.4. The highest BCUT2D eigenvalue weighted by molar-refractivity contribution is 5.94. The molecular weight excluding hydrogens is 328 g/mol. The fourth-order valence-electron chi connectivity index (χ4n) is 2.78.